The first-order valence-electron chi connectivity index (χ1n) is 11.2. The van der Waals surface area contributed by atoms with E-state index in [1.165, 1.54) is 6.08 Å². The zero-order valence-electron chi connectivity index (χ0n) is 20.0. The lowest BCUT2D eigenvalue weighted by atomic mass is 9.95. The quantitative estimate of drug-likeness (QED) is 0.440. The zero-order chi connectivity index (χ0) is 24.2. The van der Waals surface area contributed by atoms with Gasteiger partial charge in [0.15, 0.2) is 5.54 Å². The average Bonchev–Trinajstić information content (AvgIpc) is 3.08. The molecule has 0 spiro atoms. The van der Waals surface area contributed by atoms with Crippen LogP contribution in [0.2, 0.25) is 0 Å². The van der Waals surface area contributed by atoms with Crippen molar-refractivity contribution in [3.63, 3.8) is 0 Å². The van der Waals surface area contributed by atoms with Gasteiger partial charge in [-0.25, -0.2) is 9.59 Å². The number of rotatable bonds is 8. The minimum absolute atomic E-state index is 0.0308. The fourth-order valence-electron chi connectivity index (χ4n) is 4.10. The Balaban J connectivity index is 1.75. The Labute approximate surface area is 195 Å². The number of carbonyl (C=O) groups is 2. The third-order valence-corrected chi connectivity index (χ3v) is 5.81. The van der Waals surface area contributed by atoms with Crippen molar-refractivity contribution >= 4 is 12.1 Å². The number of esters is 1. The van der Waals surface area contributed by atoms with Gasteiger partial charge in [-0.3, -0.25) is 0 Å². The van der Waals surface area contributed by atoms with E-state index in [0.717, 1.165) is 22.3 Å². The van der Waals surface area contributed by atoms with E-state index in [1.807, 2.05) is 45.0 Å². The lowest BCUT2D eigenvalue weighted by molar-refractivity contribution is -0.161. The molecule has 2 aromatic carbocycles. The summed E-state index contributed by atoms with van der Waals surface area (Å²) in [5.74, 6) is -0.696. The van der Waals surface area contributed by atoms with Gasteiger partial charge in [-0.05, 0) is 56.9 Å². The Morgan fingerprint density at radius 3 is 2.06 bits per heavy atom. The maximum absolute atomic E-state index is 12.9. The van der Waals surface area contributed by atoms with Gasteiger partial charge in [0.2, 0.25) is 0 Å². The molecule has 0 radical (unpaired) electrons. The van der Waals surface area contributed by atoms with Crippen LogP contribution in [-0.2, 0) is 19.0 Å². The molecule has 0 bridgehead atoms. The van der Waals surface area contributed by atoms with Crippen LogP contribution in [0.4, 0.5) is 4.79 Å². The Morgan fingerprint density at radius 1 is 1.00 bits per heavy atom. The van der Waals surface area contributed by atoms with Crippen LogP contribution in [0.15, 0.2) is 61.2 Å². The van der Waals surface area contributed by atoms with Gasteiger partial charge >= 0.3 is 12.1 Å². The molecule has 0 fully saturated rings. The van der Waals surface area contributed by atoms with Crippen molar-refractivity contribution in [2.75, 3.05) is 13.2 Å². The predicted octanol–water partition coefficient (Wildman–Crippen LogP) is 5.22. The molecule has 1 aliphatic rings. The largest absolute Gasteiger partial charge is 0.460 e. The normalized spacial score (nSPS) is 15.5. The van der Waals surface area contributed by atoms with E-state index < -0.39 is 29.3 Å². The maximum atomic E-state index is 12.9. The average molecular weight is 452 g/mol. The molecule has 0 heterocycles. The van der Waals surface area contributed by atoms with E-state index in [1.54, 1.807) is 13.8 Å². The third kappa shape index (κ3) is 5.45. The Hall–Kier alpha value is -3.12. The Kier molecular flexibility index (Phi) is 7.28. The van der Waals surface area contributed by atoms with E-state index >= 15 is 0 Å². The van der Waals surface area contributed by atoms with Gasteiger partial charge in [0.05, 0.1) is 11.7 Å². The minimum atomic E-state index is -1.45. The lowest BCUT2D eigenvalue weighted by Gasteiger charge is -2.37. The number of hydrogen-bond donors (Lipinski definition) is 1. The number of fused-ring (bicyclic) bond motifs is 3. The highest BCUT2D eigenvalue weighted by atomic mass is 16.6. The molecule has 0 saturated heterocycles. The van der Waals surface area contributed by atoms with Crippen molar-refractivity contribution in [3.05, 3.63) is 72.3 Å². The van der Waals surface area contributed by atoms with E-state index in [-0.39, 0.29) is 19.1 Å². The number of benzene rings is 2. The summed E-state index contributed by atoms with van der Waals surface area (Å²) in [5.41, 5.74) is 2.55. The van der Waals surface area contributed by atoms with Crippen LogP contribution >= 0.6 is 0 Å². The van der Waals surface area contributed by atoms with Gasteiger partial charge in [-0.1, -0.05) is 61.2 Å². The van der Waals surface area contributed by atoms with Crippen LogP contribution in [0.3, 0.4) is 0 Å². The number of nitrogens with one attached hydrogen (secondary N) is 1. The molecule has 2 aromatic rings. The molecule has 0 saturated carbocycles. The second-order valence-corrected chi connectivity index (χ2v) is 9.41. The van der Waals surface area contributed by atoms with E-state index in [2.05, 4.69) is 36.2 Å². The molecule has 1 amide bonds. The highest BCUT2D eigenvalue weighted by molar-refractivity contribution is 5.86. The molecule has 3 rings (SSSR count). The fraction of sp³-hybridized carbons (Fsp3) is 0.407. The summed E-state index contributed by atoms with van der Waals surface area (Å²) < 4.78 is 16.9. The van der Waals surface area contributed by atoms with Crippen LogP contribution < -0.4 is 5.32 Å². The van der Waals surface area contributed by atoms with Crippen molar-refractivity contribution in [1.29, 1.82) is 0 Å². The molecule has 1 N–H and O–H groups in total. The lowest BCUT2D eigenvalue weighted by Crippen LogP contribution is -2.61. The van der Waals surface area contributed by atoms with E-state index in [0.29, 0.717) is 0 Å². The Bertz CT molecular complexity index is 980. The first kappa shape index (κ1) is 24.5. The first-order chi connectivity index (χ1) is 15.6. The summed E-state index contributed by atoms with van der Waals surface area (Å²) in [5, 5.41) is 2.70. The molecule has 2 atom stereocenters. The van der Waals surface area contributed by atoms with E-state index in [4.69, 9.17) is 14.2 Å². The second-order valence-electron chi connectivity index (χ2n) is 9.41. The fourth-order valence-corrected chi connectivity index (χ4v) is 4.10. The molecule has 0 aliphatic heterocycles. The van der Waals surface area contributed by atoms with Crippen LogP contribution in [0.5, 0.6) is 0 Å². The zero-order valence-corrected chi connectivity index (χ0v) is 20.0. The summed E-state index contributed by atoms with van der Waals surface area (Å²) in [6.45, 7) is 12.7. The molecule has 0 aromatic heterocycles. The molecular formula is C27H33NO5. The number of hydrogen-bond acceptors (Lipinski definition) is 5. The van der Waals surface area contributed by atoms with Crippen LogP contribution in [-0.4, -0.2) is 42.5 Å². The second kappa shape index (κ2) is 9.79. The van der Waals surface area contributed by atoms with Crippen molar-refractivity contribution in [3.8, 4) is 11.1 Å². The minimum Gasteiger partial charge on any atom is -0.460 e. The number of carbonyl (C=O) groups excluding carboxylic acids is 2. The summed E-state index contributed by atoms with van der Waals surface area (Å²) in [6, 6.07) is 16.2. The van der Waals surface area contributed by atoms with Crippen molar-refractivity contribution < 1.29 is 23.8 Å². The van der Waals surface area contributed by atoms with Gasteiger partial charge in [-0.2, -0.15) is 0 Å². The monoisotopic (exact) mass is 451 g/mol. The van der Waals surface area contributed by atoms with Gasteiger partial charge in [-0.15, -0.1) is 0 Å². The van der Waals surface area contributed by atoms with Crippen LogP contribution in [0, 0.1) is 0 Å². The smallest absolute Gasteiger partial charge is 0.408 e. The van der Waals surface area contributed by atoms with Crippen molar-refractivity contribution in [2.24, 2.45) is 0 Å². The standard InChI is InChI=1S/C27H33NO5/c1-7-16-31-24(29)27(6,18(2)33-26(3,4)5)28-25(30)32-17-23-21-14-10-8-12-19(21)20-13-9-11-15-22(20)23/h7-15,18,23H,1,16-17H2,2-6H3,(H,28,30)/t18-,27-/m0/s1. The highest BCUT2D eigenvalue weighted by Crippen LogP contribution is 2.44. The number of ether oxygens (including phenoxy) is 3. The number of amides is 1. The first-order valence-corrected chi connectivity index (χ1v) is 11.2. The summed E-state index contributed by atoms with van der Waals surface area (Å²) in [7, 11) is 0. The summed E-state index contributed by atoms with van der Waals surface area (Å²) in [6.07, 6.45) is 0.0931. The molecule has 6 heteroatoms. The molecule has 176 valence electrons. The van der Waals surface area contributed by atoms with Gasteiger partial charge < -0.3 is 19.5 Å². The summed E-state index contributed by atoms with van der Waals surface area (Å²) in [4.78, 5) is 25.7. The third-order valence-electron chi connectivity index (χ3n) is 5.81. The maximum Gasteiger partial charge on any atom is 0.408 e. The Morgan fingerprint density at radius 2 is 1.55 bits per heavy atom. The molecule has 6 nitrogen and oxygen atoms in total. The van der Waals surface area contributed by atoms with Gasteiger partial charge in [0.25, 0.3) is 0 Å². The SMILES string of the molecule is C=CCOC(=O)[C@@](C)(NC(=O)OCC1c2ccccc2-c2ccccc21)[C@H](C)OC(C)(C)C. The number of alkyl carbamates (subject to hydrolysis) is 1. The van der Waals surface area contributed by atoms with Crippen LogP contribution in [0.25, 0.3) is 11.1 Å². The molecule has 0 unspecified atom stereocenters. The van der Waals surface area contributed by atoms with Gasteiger partial charge in [0.1, 0.15) is 13.2 Å². The van der Waals surface area contributed by atoms with Gasteiger partial charge in [0, 0.05) is 5.92 Å². The molecule has 1 aliphatic carbocycles. The van der Waals surface area contributed by atoms with Crippen molar-refractivity contribution in [2.45, 2.75) is 57.8 Å². The predicted molar refractivity (Wildman–Crippen MR) is 128 cm³/mol. The molecular weight excluding hydrogens is 418 g/mol. The van der Waals surface area contributed by atoms with E-state index in [9.17, 15) is 9.59 Å². The topological polar surface area (TPSA) is 73.9 Å². The highest BCUT2D eigenvalue weighted by Gasteiger charge is 2.45. The van der Waals surface area contributed by atoms with Crippen molar-refractivity contribution in [1.82, 2.24) is 5.32 Å². The van der Waals surface area contributed by atoms with Crippen LogP contribution in [0.1, 0.15) is 51.7 Å². The molecule has 33 heavy (non-hydrogen) atoms. The summed E-state index contributed by atoms with van der Waals surface area (Å²) >= 11 is 0.